The molecule has 0 saturated carbocycles. The number of rotatable bonds is 8. The predicted octanol–water partition coefficient (Wildman–Crippen LogP) is 3.88. The van der Waals surface area contributed by atoms with E-state index in [-0.39, 0.29) is 6.54 Å². The van der Waals surface area contributed by atoms with Crippen molar-refractivity contribution < 1.29 is 27.1 Å². The molecule has 0 fully saturated rings. The fourth-order valence-corrected chi connectivity index (χ4v) is 4.33. The van der Waals surface area contributed by atoms with Gasteiger partial charge in [0.1, 0.15) is 5.76 Å². The molecule has 2 aromatic carbocycles. The molecule has 0 saturated heterocycles. The lowest BCUT2D eigenvalue weighted by Gasteiger charge is -2.19. The van der Waals surface area contributed by atoms with Gasteiger partial charge in [-0.3, -0.25) is 4.79 Å². The van der Waals surface area contributed by atoms with Gasteiger partial charge in [0.2, 0.25) is 15.9 Å². The highest BCUT2D eigenvalue weighted by Gasteiger charge is 2.24. The van der Waals surface area contributed by atoms with E-state index in [9.17, 15) is 13.2 Å². The maximum Gasteiger partial charge on any atom is 0.239 e. The molecule has 0 radical (unpaired) electrons. The van der Waals surface area contributed by atoms with Crippen LogP contribution in [-0.4, -0.2) is 38.4 Å². The van der Waals surface area contributed by atoms with Gasteiger partial charge in [0.25, 0.3) is 0 Å². The van der Waals surface area contributed by atoms with Gasteiger partial charge in [0, 0.05) is 23.6 Å². The Balaban J connectivity index is 1.49. The summed E-state index contributed by atoms with van der Waals surface area (Å²) in [7, 11) is -3.92. The standard InChI is InChI=1S/C24H24N2O6S/c27-24(25-20-9-10-22-23(16-20)32-14-5-13-31-22)18-26(17-21-8-4-12-30-21)33(28,29)15-11-19-6-2-1-3-7-19/h1-4,6-12,15-16H,5,13-14,17-18H2,(H,25,27)/b15-11+. The summed E-state index contributed by atoms with van der Waals surface area (Å²) in [6, 6.07) is 17.5. The van der Waals surface area contributed by atoms with Crippen LogP contribution in [0.15, 0.2) is 76.8 Å². The number of ether oxygens (including phenoxy) is 2. The van der Waals surface area contributed by atoms with Crippen molar-refractivity contribution in [3.8, 4) is 11.5 Å². The van der Waals surface area contributed by atoms with Gasteiger partial charge in [-0.2, -0.15) is 4.31 Å². The van der Waals surface area contributed by atoms with Gasteiger partial charge in [0.15, 0.2) is 11.5 Å². The molecule has 0 unspecified atom stereocenters. The molecule has 0 atom stereocenters. The van der Waals surface area contributed by atoms with Gasteiger partial charge >= 0.3 is 0 Å². The van der Waals surface area contributed by atoms with Gasteiger partial charge in [-0.25, -0.2) is 8.42 Å². The second-order valence-corrected chi connectivity index (χ2v) is 9.18. The number of hydrogen-bond donors (Lipinski definition) is 1. The smallest absolute Gasteiger partial charge is 0.239 e. The molecular formula is C24H24N2O6S. The van der Waals surface area contributed by atoms with Gasteiger partial charge in [-0.05, 0) is 35.9 Å². The van der Waals surface area contributed by atoms with Crippen molar-refractivity contribution in [3.63, 3.8) is 0 Å². The average molecular weight is 469 g/mol. The number of benzene rings is 2. The van der Waals surface area contributed by atoms with Gasteiger partial charge in [-0.1, -0.05) is 30.3 Å². The number of furan rings is 1. The first-order valence-corrected chi connectivity index (χ1v) is 12.0. The fourth-order valence-electron chi connectivity index (χ4n) is 3.23. The third kappa shape index (κ3) is 6.24. The fraction of sp³-hybridized carbons (Fsp3) is 0.208. The number of anilines is 1. The van der Waals surface area contributed by atoms with Gasteiger partial charge in [0.05, 0.1) is 32.6 Å². The van der Waals surface area contributed by atoms with Crippen molar-refractivity contribution in [2.45, 2.75) is 13.0 Å². The summed E-state index contributed by atoms with van der Waals surface area (Å²) < 4.78 is 43.7. The molecule has 1 N–H and O–H groups in total. The topological polar surface area (TPSA) is 98.1 Å². The Labute approximate surface area is 192 Å². The minimum atomic E-state index is -3.92. The van der Waals surface area contributed by atoms with E-state index in [1.54, 1.807) is 42.5 Å². The van der Waals surface area contributed by atoms with Crippen LogP contribution in [0.3, 0.4) is 0 Å². The number of amides is 1. The number of hydrogen-bond acceptors (Lipinski definition) is 6. The van der Waals surface area contributed by atoms with Crippen LogP contribution in [0.5, 0.6) is 11.5 Å². The first kappa shape index (κ1) is 22.6. The average Bonchev–Trinajstić information content (AvgIpc) is 3.21. The summed E-state index contributed by atoms with van der Waals surface area (Å²) in [6.07, 6.45) is 3.72. The maximum absolute atomic E-state index is 13.0. The third-order valence-electron chi connectivity index (χ3n) is 4.86. The third-order valence-corrected chi connectivity index (χ3v) is 6.31. The van der Waals surface area contributed by atoms with Gasteiger partial charge in [-0.15, -0.1) is 0 Å². The minimum absolute atomic E-state index is 0.0803. The first-order chi connectivity index (χ1) is 16.0. The molecule has 172 valence electrons. The molecule has 2 heterocycles. The molecular weight excluding hydrogens is 444 g/mol. The largest absolute Gasteiger partial charge is 0.490 e. The van der Waals surface area contributed by atoms with E-state index in [0.29, 0.717) is 36.2 Å². The number of sulfonamides is 1. The normalized spacial score (nSPS) is 13.7. The highest BCUT2D eigenvalue weighted by molar-refractivity contribution is 7.92. The monoisotopic (exact) mass is 468 g/mol. The van der Waals surface area contributed by atoms with Crippen molar-refractivity contribution >= 4 is 27.7 Å². The van der Waals surface area contributed by atoms with E-state index < -0.39 is 22.5 Å². The molecule has 0 spiro atoms. The molecule has 1 aliphatic heterocycles. The molecule has 3 aromatic rings. The Morgan fingerprint density at radius 1 is 1.00 bits per heavy atom. The van der Waals surface area contributed by atoms with Crippen LogP contribution in [-0.2, 0) is 21.4 Å². The molecule has 1 aromatic heterocycles. The Hall–Kier alpha value is -3.56. The zero-order valence-electron chi connectivity index (χ0n) is 17.8. The molecule has 1 amide bonds. The van der Waals surface area contributed by atoms with Crippen LogP contribution in [0.25, 0.3) is 6.08 Å². The van der Waals surface area contributed by atoms with Crippen LogP contribution in [0.2, 0.25) is 0 Å². The highest BCUT2D eigenvalue weighted by Crippen LogP contribution is 2.32. The van der Waals surface area contributed by atoms with E-state index in [1.165, 1.54) is 12.3 Å². The zero-order chi connectivity index (χ0) is 23.1. The Morgan fingerprint density at radius 3 is 2.55 bits per heavy atom. The lowest BCUT2D eigenvalue weighted by Crippen LogP contribution is -2.36. The van der Waals surface area contributed by atoms with Crippen molar-refractivity contribution in [2.75, 3.05) is 25.1 Å². The molecule has 4 rings (SSSR count). The van der Waals surface area contributed by atoms with Crippen molar-refractivity contribution in [2.24, 2.45) is 0 Å². The van der Waals surface area contributed by atoms with Crippen LogP contribution >= 0.6 is 0 Å². The molecule has 33 heavy (non-hydrogen) atoms. The number of carbonyl (C=O) groups is 1. The lowest BCUT2D eigenvalue weighted by molar-refractivity contribution is -0.116. The Bertz CT molecular complexity index is 1210. The van der Waals surface area contributed by atoms with Gasteiger partial charge < -0.3 is 19.2 Å². The summed E-state index contributed by atoms with van der Waals surface area (Å²) in [4.78, 5) is 12.8. The summed E-state index contributed by atoms with van der Waals surface area (Å²) in [5, 5.41) is 3.82. The number of carbonyl (C=O) groups excluding carboxylic acids is 1. The van der Waals surface area contributed by atoms with E-state index in [4.69, 9.17) is 13.9 Å². The molecule has 8 nitrogen and oxygen atoms in total. The maximum atomic E-state index is 13.0. The quantitative estimate of drug-likeness (QED) is 0.539. The second kappa shape index (κ2) is 10.4. The number of fused-ring (bicyclic) bond motifs is 1. The lowest BCUT2D eigenvalue weighted by atomic mass is 10.2. The minimum Gasteiger partial charge on any atom is -0.490 e. The van der Waals surface area contributed by atoms with E-state index >= 15 is 0 Å². The molecule has 1 aliphatic rings. The summed E-state index contributed by atoms with van der Waals surface area (Å²) in [5.74, 6) is 1.08. The van der Waals surface area contributed by atoms with Crippen molar-refractivity contribution in [1.82, 2.24) is 4.31 Å². The molecule has 0 bridgehead atoms. The van der Waals surface area contributed by atoms with Crippen molar-refractivity contribution in [1.29, 1.82) is 0 Å². The number of nitrogens with one attached hydrogen (secondary N) is 1. The number of nitrogens with zero attached hydrogens (tertiary/aromatic N) is 1. The van der Waals surface area contributed by atoms with Crippen LogP contribution < -0.4 is 14.8 Å². The van der Waals surface area contributed by atoms with Crippen LogP contribution in [0, 0.1) is 0 Å². The van der Waals surface area contributed by atoms with E-state index in [0.717, 1.165) is 21.7 Å². The molecule has 0 aliphatic carbocycles. The predicted molar refractivity (Wildman–Crippen MR) is 124 cm³/mol. The van der Waals surface area contributed by atoms with Crippen LogP contribution in [0.1, 0.15) is 17.7 Å². The van der Waals surface area contributed by atoms with E-state index in [2.05, 4.69) is 5.32 Å². The Kier molecular flexibility index (Phi) is 7.11. The summed E-state index contributed by atoms with van der Waals surface area (Å²) in [5.41, 5.74) is 1.22. The second-order valence-electron chi connectivity index (χ2n) is 7.37. The highest BCUT2D eigenvalue weighted by atomic mass is 32.2. The first-order valence-electron chi connectivity index (χ1n) is 10.4. The SMILES string of the molecule is O=C(CN(Cc1ccco1)S(=O)(=O)/C=C/c1ccccc1)Nc1ccc2c(c1)OCCCO2. The molecule has 9 heteroatoms. The summed E-state index contributed by atoms with van der Waals surface area (Å²) in [6.45, 7) is 0.613. The Morgan fingerprint density at radius 2 is 1.79 bits per heavy atom. The van der Waals surface area contributed by atoms with Crippen LogP contribution in [0.4, 0.5) is 5.69 Å². The summed E-state index contributed by atoms with van der Waals surface area (Å²) >= 11 is 0. The van der Waals surface area contributed by atoms with E-state index in [1.807, 2.05) is 18.2 Å². The zero-order valence-corrected chi connectivity index (χ0v) is 18.7. The van der Waals surface area contributed by atoms with Crippen molar-refractivity contribution in [3.05, 3.63) is 83.7 Å².